The van der Waals surface area contributed by atoms with Gasteiger partial charge in [-0.1, -0.05) is 30.3 Å². The second-order valence-corrected chi connectivity index (χ2v) is 7.47. The third-order valence-electron chi connectivity index (χ3n) is 5.41. The number of amides is 2. The Hall–Kier alpha value is -3.60. The molecule has 0 unspecified atom stereocenters. The molecule has 0 saturated heterocycles. The third-order valence-corrected chi connectivity index (χ3v) is 5.41. The first-order chi connectivity index (χ1) is 14.6. The highest BCUT2D eigenvalue weighted by Gasteiger charge is 2.31. The first-order valence-corrected chi connectivity index (χ1v) is 9.99. The number of carbonyl (C=O) groups is 2. The molecule has 1 aliphatic heterocycles. The van der Waals surface area contributed by atoms with Crippen LogP contribution < -0.4 is 15.0 Å². The Morgan fingerprint density at radius 2 is 1.73 bits per heavy atom. The van der Waals surface area contributed by atoms with E-state index in [1.165, 1.54) is 0 Å². The van der Waals surface area contributed by atoms with Crippen molar-refractivity contribution in [1.82, 2.24) is 5.32 Å². The average molecular weight is 400 g/mol. The van der Waals surface area contributed by atoms with E-state index in [4.69, 9.17) is 4.74 Å². The Balaban J connectivity index is 1.53. The van der Waals surface area contributed by atoms with Crippen LogP contribution in [0.4, 0.5) is 5.69 Å². The van der Waals surface area contributed by atoms with Crippen LogP contribution in [-0.4, -0.2) is 25.0 Å². The van der Waals surface area contributed by atoms with Crippen molar-refractivity contribution in [2.75, 3.05) is 12.0 Å². The maximum atomic E-state index is 13.2. The molecule has 3 aromatic rings. The lowest BCUT2D eigenvalue weighted by Crippen LogP contribution is -2.35. The molecule has 0 spiro atoms. The van der Waals surface area contributed by atoms with Crippen LogP contribution in [0.2, 0.25) is 0 Å². The maximum absolute atomic E-state index is 13.2. The topological polar surface area (TPSA) is 58.6 Å². The summed E-state index contributed by atoms with van der Waals surface area (Å²) in [5.41, 5.74) is 4.26. The SMILES string of the molecule is COc1ccc(C(=O)N2c3cc(CNC(=O)c4ccccc4)ccc3C[C@H]2C)cc1. The first-order valence-electron chi connectivity index (χ1n) is 9.99. The van der Waals surface area contributed by atoms with E-state index in [-0.39, 0.29) is 17.9 Å². The highest BCUT2D eigenvalue weighted by Crippen LogP contribution is 2.34. The van der Waals surface area contributed by atoms with Crippen LogP contribution in [0.1, 0.15) is 38.8 Å². The molecule has 1 N–H and O–H groups in total. The lowest BCUT2D eigenvalue weighted by molar-refractivity contribution is 0.0948. The zero-order valence-electron chi connectivity index (χ0n) is 17.1. The van der Waals surface area contributed by atoms with Gasteiger partial charge in [0.1, 0.15) is 5.75 Å². The maximum Gasteiger partial charge on any atom is 0.258 e. The van der Waals surface area contributed by atoms with Crippen molar-refractivity contribution in [1.29, 1.82) is 0 Å². The number of carbonyl (C=O) groups excluding carboxylic acids is 2. The summed E-state index contributed by atoms with van der Waals surface area (Å²) in [6.45, 7) is 2.46. The van der Waals surface area contributed by atoms with Crippen LogP contribution in [0.15, 0.2) is 72.8 Å². The largest absolute Gasteiger partial charge is 0.497 e. The second-order valence-electron chi connectivity index (χ2n) is 7.47. The molecule has 0 radical (unpaired) electrons. The summed E-state index contributed by atoms with van der Waals surface area (Å²) in [5, 5.41) is 2.95. The van der Waals surface area contributed by atoms with E-state index in [1.54, 1.807) is 43.5 Å². The molecule has 0 aromatic heterocycles. The lowest BCUT2D eigenvalue weighted by atomic mass is 10.1. The third kappa shape index (κ3) is 3.92. The Morgan fingerprint density at radius 1 is 1.00 bits per heavy atom. The van der Waals surface area contributed by atoms with Crippen LogP contribution in [0.5, 0.6) is 5.75 Å². The zero-order valence-corrected chi connectivity index (χ0v) is 17.1. The highest BCUT2D eigenvalue weighted by atomic mass is 16.5. The Morgan fingerprint density at radius 3 is 2.43 bits per heavy atom. The van der Waals surface area contributed by atoms with E-state index in [9.17, 15) is 9.59 Å². The fraction of sp³-hybridized carbons (Fsp3) is 0.200. The minimum atomic E-state index is -0.115. The minimum Gasteiger partial charge on any atom is -0.497 e. The van der Waals surface area contributed by atoms with Gasteiger partial charge in [-0.15, -0.1) is 0 Å². The molecule has 0 bridgehead atoms. The van der Waals surface area contributed by atoms with Gasteiger partial charge in [0.25, 0.3) is 11.8 Å². The van der Waals surface area contributed by atoms with Gasteiger partial charge in [0.2, 0.25) is 0 Å². The molecule has 0 aliphatic carbocycles. The van der Waals surface area contributed by atoms with Crippen molar-refractivity contribution in [3.8, 4) is 5.75 Å². The number of hydrogen-bond acceptors (Lipinski definition) is 3. The normalized spacial score (nSPS) is 14.9. The molecule has 5 nitrogen and oxygen atoms in total. The Kier molecular flexibility index (Phi) is 5.53. The van der Waals surface area contributed by atoms with Crippen molar-refractivity contribution in [2.24, 2.45) is 0 Å². The number of fused-ring (bicyclic) bond motifs is 1. The predicted octanol–water partition coefficient (Wildman–Crippen LogP) is 4.22. The zero-order chi connectivity index (χ0) is 21.1. The van der Waals surface area contributed by atoms with Gasteiger partial charge in [-0.3, -0.25) is 9.59 Å². The molecule has 152 valence electrons. The first kappa shape index (κ1) is 19.7. The number of hydrogen-bond donors (Lipinski definition) is 1. The standard InChI is InChI=1S/C25H24N2O3/c1-17-14-21-9-8-18(16-26-24(28)19-6-4-3-5-7-19)15-23(21)27(17)25(29)20-10-12-22(30-2)13-11-20/h3-13,15,17H,14,16H2,1-2H3,(H,26,28)/t17-/m1/s1. The number of rotatable bonds is 5. The van der Waals surface area contributed by atoms with Crippen LogP contribution in [0.3, 0.4) is 0 Å². The van der Waals surface area contributed by atoms with Crippen molar-refractivity contribution >= 4 is 17.5 Å². The summed E-state index contributed by atoms with van der Waals surface area (Å²) in [7, 11) is 1.60. The summed E-state index contributed by atoms with van der Waals surface area (Å²) < 4.78 is 5.19. The fourth-order valence-electron chi connectivity index (χ4n) is 3.82. The van der Waals surface area contributed by atoms with Gasteiger partial charge in [0.05, 0.1) is 7.11 Å². The smallest absolute Gasteiger partial charge is 0.258 e. The quantitative estimate of drug-likeness (QED) is 0.698. The molecular formula is C25H24N2O3. The summed E-state index contributed by atoms with van der Waals surface area (Å²) >= 11 is 0. The molecule has 1 heterocycles. The van der Waals surface area contributed by atoms with E-state index in [2.05, 4.69) is 18.3 Å². The van der Waals surface area contributed by atoms with Gasteiger partial charge in [0.15, 0.2) is 0 Å². The van der Waals surface area contributed by atoms with Gasteiger partial charge >= 0.3 is 0 Å². The average Bonchev–Trinajstić information content (AvgIpc) is 3.12. The number of benzene rings is 3. The van der Waals surface area contributed by atoms with Crippen LogP contribution in [0.25, 0.3) is 0 Å². The Labute approximate surface area is 176 Å². The molecule has 1 aliphatic rings. The minimum absolute atomic E-state index is 0.0330. The summed E-state index contributed by atoms with van der Waals surface area (Å²) in [6, 6.07) is 22.4. The van der Waals surface area contributed by atoms with Crippen LogP contribution in [0, 0.1) is 0 Å². The predicted molar refractivity (Wildman–Crippen MR) is 117 cm³/mol. The van der Waals surface area contributed by atoms with Gasteiger partial charge in [-0.2, -0.15) is 0 Å². The molecular weight excluding hydrogens is 376 g/mol. The number of anilines is 1. The van der Waals surface area contributed by atoms with Crippen molar-refractivity contribution in [3.63, 3.8) is 0 Å². The number of methoxy groups -OCH3 is 1. The Bertz CT molecular complexity index is 1060. The molecule has 3 aromatic carbocycles. The van der Waals surface area contributed by atoms with Crippen molar-refractivity contribution in [3.05, 3.63) is 95.1 Å². The van der Waals surface area contributed by atoms with Gasteiger partial charge < -0.3 is 15.0 Å². The van der Waals surface area contributed by atoms with Gasteiger partial charge in [-0.05, 0) is 66.9 Å². The van der Waals surface area contributed by atoms with Crippen molar-refractivity contribution in [2.45, 2.75) is 25.9 Å². The van der Waals surface area contributed by atoms with Crippen LogP contribution >= 0.6 is 0 Å². The van der Waals surface area contributed by atoms with Crippen molar-refractivity contribution < 1.29 is 14.3 Å². The summed E-state index contributed by atoms with van der Waals surface area (Å²) in [4.78, 5) is 27.4. The highest BCUT2D eigenvalue weighted by molar-refractivity contribution is 6.07. The summed E-state index contributed by atoms with van der Waals surface area (Å²) in [5.74, 6) is 0.572. The molecule has 0 saturated carbocycles. The van der Waals surface area contributed by atoms with E-state index < -0.39 is 0 Å². The van der Waals surface area contributed by atoms with Gasteiger partial charge in [-0.25, -0.2) is 0 Å². The van der Waals surface area contributed by atoms with E-state index in [0.717, 1.165) is 29.0 Å². The molecule has 0 fully saturated rings. The number of nitrogens with one attached hydrogen (secondary N) is 1. The molecule has 30 heavy (non-hydrogen) atoms. The molecule has 1 atom stereocenters. The van der Waals surface area contributed by atoms with E-state index in [1.807, 2.05) is 35.2 Å². The lowest BCUT2D eigenvalue weighted by Gasteiger charge is -2.23. The molecule has 5 heteroatoms. The van der Waals surface area contributed by atoms with E-state index in [0.29, 0.717) is 17.7 Å². The number of ether oxygens (including phenoxy) is 1. The number of nitrogens with zero attached hydrogens (tertiary/aromatic N) is 1. The van der Waals surface area contributed by atoms with Crippen LogP contribution in [-0.2, 0) is 13.0 Å². The second kappa shape index (κ2) is 8.41. The molecule has 4 rings (SSSR count). The fourth-order valence-corrected chi connectivity index (χ4v) is 3.82. The summed E-state index contributed by atoms with van der Waals surface area (Å²) in [6.07, 6.45) is 0.813. The monoisotopic (exact) mass is 400 g/mol. The molecule has 2 amide bonds. The van der Waals surface area contributed by atoms with E-state index >= 15 is 0 Å². The van der Waals surface area contributed by atoms with Gasteiger partial charge in [0, 0.05) is 29.4 Å².